The van der Waals surface area contributed by atoms with Crippen LogP contribution in [0.1, 0.15) is 31.5 Å². The molecule has 22 heavy (non-hydrogen) atoms. The summed E-state index contributed by atoms with van der Waals surface area (Å²) in [5.74, 6) is 0.799. The van der Waals surface area contributed by atoms with Crippen molar-refractivity contribution in [3.63, 3.8) is 0 Å². The van der Waals surface area contributed by atoms with Crippen LogP contribution in [0.4, 0.5) is 0 Å². The molecule has 0 amide bonds. The van der Waals surface area contributed by atoms with E-state index in [1.807, 2.05) is 6.92 Å². The van der Waals surface area contributed by atoms with E-state index in [0.29, 0.717) is 0 Å². The van der Waals surface area contributed by atoms with Crippen LogP contribution in [0.5, 0.6) is 0 Å². The van der Waals surface area contributed by atoms with E-state index in [0.717, 1.165) is 36.2 Å². The van der Waals surface area contributed by atoms with Crippen molar-refractivity contribution in [2.45, 2.75) is 40.2 Å². The Hall–Kier alpha value is -0.410. The van der Waals surface area contributed by atoms with Gasteiger partial charge in [0, 0.05) is 39.0 Å². The van der Waals surface area contributed by atoms with Crippen LogP contribution in [0.3, 0.4) is 0 Å². The van der Waals surface area contributed by atoms with Crippen molar-refractivity contribution in [1.29, 1.82) is 0 Å². The van der Waals surface area contributed by atoms with Gasteiger partial charge in [0.05, 0.1) is 16.8 Å². The third-order valence-corrected chi connectivity index (χ3v) is 4.09. The molecule has 0 fully saturated rings. The van der Waals surface area contributed by atoms with Crippen LogP contribution in [-0.4, -0.2) is 44.3 Å². The quantitative estimate of drug-likeness (QED) is 0.406. The monoisotopic (exact) mass is 440 g/mol. The van der Waals surface area contributed by atoms with Gasteiger partial charge in [-0.1, -0.05) is 20.8 Å². The minimum atomic E-state index is 0. The van der Waals surface area contributed by atoms with Crippen LogP contribution in [-0.2, 0) is 11.2 Å². The van der Waals surface area contributed by atoms with E-state index in [9.17, 15) is 0 Å². The summed E-state index contributed by atoms with van der Waals surface area (Å²) in [5.41, 5.74) is 1.23. The maximum Gasteiger partial charge on any atom is 0.191 e. The second-order valence-electron chi connectivity index (χ2n) is 6.08. The molecule has 0 aliphatic rings. The summed E-state index contributed by atoms with van der Waals surface area (Å²) in [6.45, 7) is 10.1. The standard InChI is InChI=1S/C15H28N4OS.HI/c1-11-19-12(10-21-11)7-8-17-14(16-5)18-9-13(20-6)15(2,3)4;/h10,13H,7-9H2,1-6H3,(H2,16,17,18);1H. The van der Waals surface area contributed by atoms with Crippen LogP contribution < -0.4 is 10.6 Å². The number of halogens is 1. The van der Waals surface area contributed by atoms with Gasteiger partial charge in [-0.3, -0.25) is 4.99 Å². The molecule has 0 aliphatic carbocycles. The fraction of sp³-hybridized carbons (Fsp3) is 0.733. The molecule has 0 bridgehead atoms. The number of nitrogens with one attached hydrogen (secondary N) is 2. The van der Waals surface area contributed by atoms with E-state index < -0.39 is 0 Å². The minimum absolute atomic E-state index is 0. The summed E-state index contributed by atoms with van der Waals surface area (Å²) < 4.78 is 5.53. The van der Waals surface area contributed by atoms with Gasteiger partial charge in [-0.25, -0.2) is 4.98 Å². The molecule has 128 valence electrons. The summed E-state index contributed by atoms with van der Waals surface area (Å²) in [6, 6.07) is 0. The van der Waals surface area contributed by atoms with Gasteiger partial charge in [0.15, 0.2) is 5.96 Å². The second-order valence-corrected chi connectivity index (χ2v) is 7.14. The summed E-state index contributed by atoms with van der Waals surface area (Å²) in [6.07, 6.45) is 1.04. The summed E-state index contributed by atoms with van der Waals surface area (Å²) in [4.78, 5) is 8.69. The van der Waals surface area contributed by atoms with Gasteiger partial charge in [0.2, 0.25) is 0 Å². The number of nitrogens with zero attached hydrogens (tertiary/aromatic N) is 2. The maximum absolute atomic E-state index is 5.53. The normalized spacial score (nSPS) is 13.5. The molecular formula is C15H29IN4OS. The lowest BCUT2D eigenvalue weighted by molar-refractivity contribution is 0.0205. The zero-order valence-electron chi connectivity index (χ0n) is 14.4. The van der Waals surface area contributed by atoms with Crippen molar-refractivity contribution >= 4 is 41.3 Å². The molecule has 0 aromatic carbocycles. The number of aliphatic imine (C=N–C) groups is 1. The molecule has 0 aliphatic heterocycles. The van der Waals surface area contributed by atoms with Gasteiger partial charge >= 0.3 is 0 Å². The topological polar surface area (TPSA) is 58.5 Å². The number of aryl methyl sites for hydroxylation is 1. The molecule has 1 heterocycles. The largest absolute Gasteiger partial charge is 0.379 e. The van der Waals surface area contributed by atoms with Crippen molar-refractivity contribution in [1.82, 2.24) is 15.6 Å². The van der Waals surface area contributed by atoms with Crippen molar-refractivity contribution in [3.05, 3.63) is 16.1 Å². The van der Waals surface area contributed by atoms with E-state index in [2.05, 4.69) is 46.8 Å². The molecule has 1 rings (SSSR count). The van der Waals surface area contributed by atoms with Crippen LogP contribution in [0.25, 0.3) is 0 Å². The highest BCUT2D eigenvalue weighted by molar-refractivity contribution is 14.0. The number of thiazole rings is 1. The fourth-order valence-corrected chi connectivity index (χ4v) is 2.63. The van der Waals surface area contributed by atoms with Crippen LogP contribution in [0.2, 0.25) is 0 Å². The molecule has 1 aromatic heterocycles. The zero-order chi connectivity index (χ0) is 15.9. The smallest absolute Gasteiger partial charge is 0.191 e. The van der Waals surface area contributed by atoms with Crippen molar-refractivity contribution < 1.29 is 4.74 Å². The number of methoxy groups -OCH3 is 1. The van der Waals surface area contributed by atoms with Crippen LogP contribution in [0.15, 0.2) is 10.4 Å². The Kier molecular flexibility index (Phi) is 10.2. The average Bonchev–Trinajstić information content (AvgIpc) is 2.81. The molecule has 1 unspecified atom stereocenters. The van der Waals surface area contributed by atoms with Gasteiger partial charge in [-0.15, -0.1) is 35.3 Å². The molecule has 1 aromatic rings. The number of rotatable bonds is 6. The highest BCUT2D eigenvalue weighted by atomic mass is 127. The number of guanidine groups is 1. The number of ether oxygens (including phenoxy) is 1. The Bertz CT molecular complexity index is 457. The predicted octanol–water partition coefficient (Wildman–Crippen LogP) is 2.84. The number of hydrogen-bond acceptors (Lipinski definition) is 4. The molecular weight excluding hydrogens is 411 g/mol. The summed E-state index contributed by atoms with van der Waals surface area (Å²) in [7, 11) is 3.53. The third-order valence-electron chi connectivity index (χ3n) is 3.27. The van der Waals surface area contributed by atoms with Crippen molar-refractivity contribution in [2.24, 2.45) is 10.4 Å². The Morgan fingerprint density at radius 2 is 2.09 bits per heavy atom. The summed E-state index contributed by atoms with van der Waals surface area (Å²) >= 11 is 1.69. The van der Waals surface area contributed by atoms with Gasteiger partial charge in [0.1, 0.15) is 0 Å². The highest BCUT2D eigenvalue weighted by Crippen LogP contribution is 2.20. The average molecular weight is 440 g/mol. The Labute approximate surface area is 155 Å². The highest BCUT2D eigenvalue weighted by Gasteiger charge is 2.24. The third kappa shape index (κ3) is 7.73. The van der Waals surface area contributed by atoms with E-state index in [1.165, 1.54) is 0 Å². The van der Waals surface area contributed by atoms with E-state index in [4.69, 9.17) is 4.74 Å². The lowest BCUT2D eigenvalue weighted by Gasteiger charge is -2.30. The predicted molar refractivity (Wildman–Crippen MR) is 106 cm³/mol. The molecule has 0 spiro atoms. The Morgan fingerprint density at radius 1 is 1.41 bits per heavy atom. The molecule has 0 saturated carbocycles. The van der Waals surface area contributed by atoms with Crippen molar-refractivity contribution in [2.75, 3.05) is 27.2 Å². The van der Waals surface area contributed by atoms with Gasteiger partial charge in [-0.05, 0) is 12.3 Å². The van der Waals surface area contributed by atoms with Gasteiger partial charge in [0.25, 0.3) is 0 Å². The minimum Gasteiger partial charge on any atom is -0.379 e. The van der Waals surface area contributed by atoms with E-state index in [1.54, 1.807) is 25.5 Å². The Morgan fingerprint density at radius 3 is 2.55 bits per heavy atom. The van der Waals surface area contributed by atoms with Crippen LogP contribution in [0, 0.1) is 12.3 Å². The van der Waals surface area contributed by atoms with Crippen molar-refractivity contribution in [3.8, 4) is 0 Å². The lowest BCUT2D eigenvalue weighted by Crippen LogP contribution is -2.45. The van der Waals surface area contributed by atoms with Crippen LogP contribution >= 0.6 is 35.3 Å². The Balaban J connectivity index is 0.00000441. The van der Waals surface area contributed by atoms with E-state index in [-0.39, 0.29) is 35.5 Å². The number of hydrogen-bond donors (Lipinski definition) is 2. The first kappa shape index (κ1) is 21.6. The maximum atomic E-state index is 5.53. The molecule has 2 N–H and O–H groups in total. The zero-order valence-corrected chi connectivity index (χ0v) is 17.5. The first-order valence-corrected chi connectivity index (χ1v) is 8.13. The number of aromatic nitrogens is 1. The fourth-order valence-electron chi connectivity index (χ4n) is 1.99. The van der Waals surface area contributed by atoms with Gasteiger partial charge in [-0.2, -0.15) is 0 Å². The first-order chi connectivity index (χ1) is 9.86. The molecule has 0 radical (unpaired) electrons. The second kappa shape index (κ2) is 10.4. The SMILES string of the molecule is CN=C(NCCc1csc(C)n1)NCC(OC)C(C)(C)C.I. The first-order valence-electron chi connectivity index (χ1n) is 7.25. The molecule has 1 atom stereocenters. The molecule has 0 saturated heterocycles. The lowest BCUT2D eigenvalue weighted by atomic mass is 9.89. The molecule has 7 heteroatoms. The van der Waals surface area contributed by atoms with Gasteiger partial charge < -0.3 is 15.4 Å². The summed E-state index contributed by atoms with van der Waals surface area (Å²) in [5, 5.41) is 9.84. The molecule has 5 nitrogen and oxygen atoms in total. The van der Waals surface area contributed by atoms with E-state index >= 15 is 0 Å².